The highest BCUT2D eigenvalue weighted by Crippen LogP contribution is 2.16. The SMILES string of the molecule is CCCCCCC/C=C/CC/C=C/CC/C=C/C(O)C(CO)NC(=O)CC(O)CCCCCCCCCCCCCCCCC/C=C\C/C=C\CCCCCCCCCCC. The molecule has 0 rings (SSSR count). The van der Waals surface area contributed by atoms with Gasteiger partial charge in [0.1, 0.15) is 0 Å². The molecule has 0 aromatic heterocycles. The summed E-state index contributed by atoms with van der Waals surface area (Å²) in [5.41, 5.74) is 0. The lowest BCUT2D eigenvalue weighted by atomic mass is 10.0. The Balaban J connectivity index is 3.59. The Morgan fingerprint density at radius 3 is 1.15 bits per heavy atom. The van der Waals surface area contributed by atoms with Crippen molar-refractivity contribution in [2.75, 3.05) is 6.61 Å². The van der Waals surface area contributed by atoms with E-state index in [0.717, 1.165) is 44.9 Å². The number of hydrogen-bond donors (Lipinski definition) is 4. The molecule has 0 saturated carbocycles. The standard InChI is InChI=1S/C56H103NO4/c1-3-5-7-9-11-13-15-17-19-20-21-22-23-24-25-26-27-28-29-30-31-32-33-34-36-37-39-41-43-45-47-49-53(59)51-56(61)57-54(52-58)55(60)50-48-46-44-42-40-38-35-18-16-14-12-10-8-6-4-2/h16,18,21-22,24-25,40,42,48,50,53-55,58-60H,3-15,17,19-20,23,26-39,41,43-47,49,51-52H2,1-2H3,(H,57,61)/b18-16+,22-21-,25-24-,42-40+,50-48+. The first-order chi connectivity index (χ1) is 30.0. The van der Waals surface area contributed by atoms with Crippen molar-refractivity contribution >= 4 is 5.91 Å². The molecule has 1 amide bonds. The number of rotatable bonds is 48. The number of aliphatic hydroxyl groups is 3. The van der Waals surface area contributed by atoms with Crippen molar-refractivity contribution in [1.29, 1.82) is 0 Å². The molecule has 0 aromatic rings. The van der Waals surface area contributed by atoms with Gasteiger partial charge in [0.05, 0.1) is 31.3 Å². The molecule has 0 spiro atoms. The summed E-state index contributed by atoms with van der Waals surface area (Å²) in [5, 5.41) is 33.3. The highest BCUT2D eigenvalue weighted by atomic mass is 16.3. The van der Waals surface area contributed by atoms with Crippen LogP contribution in [0.1, 0.15) is 264 Å². The molecule has 0 aromatic carbocycles. The van der Waals surface area contributed by atoms with Crippen LogP contribution in [0.3, 0.4) is 0 Å². The van der Waals surface area contributed by atoms with Crippen molar-refractivity contribution in [2.45, 2.75) is 283 Å². The van der Waals surface area contributed by atoms with E-state index in [4.69, 9.17) is 0 Å². The zero-order chi connectivity index (χ0) is 44.4. The van der Waals surface area contributed by atoms with Gasteiger partial charge in [-0.1, -0.05) is 242 Å². The van der Waals surface area contributed by atoms with Gasteiger partial charge in [-0.3, -0.25) is 4.79 Å². The van der Waals surface area contributed by atoms with Crippen LogP contribution < -0.4 is 5.32 Å². The summed E-state index contributed by atoms with van der Waals surface area (Å²) < 4.78 is 0. The van der Waals surface area contributed by atoms with Gasteiger partial charge in [0, 0.05) is 0 Å². The number of carbonyl (C=O) groups excluding carboxylic acids is 1. The highest BCUT2D eigenvalue weighted by Gasteiger charge is 2.20. The second-order valence-electron chi connectivity index (χ2n) is 18.1. The minimum absolute atomic E-state index is 0.00122. The lowest BCUT2D eigenvalue weighted by Gasteiger charge is -2.21. The second kappa shape index (κ2) is 50.7. The van der Waals surface area contributed by atoms with Crippen LogP contribution in [0.15, 0.2) is 60.8 Å². The molecule has 61 heavy (non-hydrogen) atoms. The highest BCUT2D eigenvalue weighted by molar-refractivity contribution is 5.76. The van der Waals surface area contributed by atoms with Gasteiger partial charge in [0.15, 0.2) is 0 Å². The molecule has 0 aliphatic rings. The van der Waals surface area contributed by atoms with E-state index in [1.54, 1.807) is 6.08 Å². The van der Waals surface area contributed by atoms with Crippen LogP contribution in [-0.2, 0) is 4.79 Å². The fraction of sp³-hybridized carbons (Fsp3) is 0.804. The molecule has 0 saturated heterocycles. The lowest BCUT2D eigenvalue weighted by Crippen LogP contribution is -2.45. The van der Waals surface area contributed by atoms with Crippen molar-refractivity contribution in [3.8, 4) is 0 Å². The van der Waals surface area contributed by atoms with Crippen LogP contribution in [0.5, 0.6) is 0 Å². The first-order valence-electron chi connectivity index (χ1n) is 26.6. The Morgan fingerprint density at radius 2 is 0.754 bits per heavy atom. The molecule has 0 aliphatic carbocycles. The Bertz CT molecular complexity index is 1030. The first-order valence-corrected chi connectivity index (χ1v) is 26.6. The van der Waals surface area contributed by atoms with Crippen LogP contribution in [-0.4, -0.2) is 46.1 Å². The number of hydrogen-bond acceptors (Lipinski definition) is 4. The van der Waals surface area contributed by atoms with Gasteiger partial charge in [0.2, 0.25) is 5.91 Å². The molecule has 0 radical (unpaired) electrons. The summed E-state index contributed by atoms with van der Waals surface area (Å²) in [6.45, 7) is 4.19. The number of nitrogens with one attached hydrogen (secondary N) is 1. The smallest absolute Gasteiger partial charge is 0.222 e. The van der Waals surface area contributed by atoms with Crippen molar-refractivity contribution in [3.05, 3.63) is 60.8 Å². The summed E-state index contributed by atoms with van der Waals surface area (Å²) in [5.74, 6) is -0.330. The van der Waals surface area contributed by atoms with E-state index >= 15 is 0 Å². The molecular weight excluding hydrogens is 751 g/mol. The molecule has 0 heterocycles. The number of carbonyl (C=O) groups is 1. The van der Waals surface area contributed by atoms with Crippen LogP contribution in [0, 0.1) is 0 Å². The predicted molar refractivity (Wildman–Crippen MR) is 268 cm³/mol. The van der Waals surface area contributed by atoms with Gasteiger partial charge in [-0.05, 0) is 77.0 Å². The molecule has 0 bridgehead atoms. The summed E-state index contributed by atoms with van der Waals surface area (Å²) in [6, 6.07) is -0.769. The van der Waals surface area contributed by atoms with E-state index in [0.29, 0.717) is 6.42 Å². The van der Waals surface area contributed by atoms with E-state index in [9.17, 15) is 20.1 Å². The minimum atomic E-state index is -0.961. The van der Waals surface area contributed by atoms with Gasteiger partial charge in [-0.2, -0.15) is 0 Å². The largest absolute Gasteiger partial charge is 0.394 e. The Morgan fingerprint density at radius 1 is 0.426 bits per heavy atom. The molecule has 5 heteroatoms. The van der Waals surface area contributed by atoms with E-state index in [-0.39, 0.29) is 18.9 Å². The Hall–Kier alpha value is -1.95. The summed E-state index contributed by atoms with van der Waals surface area (Å²) in [6.07, 6.45) is 68.3. The number of allylic oxidation sites excluding steroid dienone is 9. The van der Waals surface area contributed by atoms with Gasteiger partial charge in [0.25, 0.3) is 0 Å². The van der Waals surface area contributed by atoms with Gasteiger partial charge in [-0.15, -0.1) is 0 Å². The van der Waals surface area contributed by atoms with Gasteiger partial charge >= 0.3 is 0 Å². The normalized spacial score (nSPS) is 13.9. The molecule has 356 valence electrons. The Kier molecular flexibility index (Phi) is 49.1. The van der Waals surface area contributed by atoms with Crippen LogP contribution in [0.2, 0.25) is 0 Å². The van der Waals surface area contributed by atoms with Crippen molar-refractivity contribution in [3.63, 3.8) is 0 Å². The average Bonchev–Trinajstić information content (AvgIpc) is 3.25. The minimum Gasteiger partial charge on any atom is -0.394 e. The topological polar surface area (TPSA) is 89.8 Å². The maximum atomic E-state index is 12.5. The lowest BCUT2D eigenvalue weighted by molar-refractivity contribution is -0.124. The van der Waals surface area contributed by atoms with Crippen LogP contribution in [0.4, 0.5) is 0 Å². The quantitative estimate of drug-likeness (QED) is 0.0363. The third-order valence-corrected chi connectivity index (χ3v) is 12.0. The van der Waals surface area contributed by atoms with Crippen LogP contribution >= 0.6 is 0 Å². The monoisotopic (exact) mass is 854 g/mol. The summed E-state index contributed by atoms with van der Waals surface area (Å²) in [7, 11) is 0. The summed E-state index contributed by atoms with van der Waals surface area (Å²) >= 11 is 0. The maximum Gasteiger partial charge on any atom is 0.222 e. The predicted octanol–water partition coefficient (Wildman–Crippen LogP) is 16.2. The van der Waals surface area contributed by atoms with E-state index in [1.807, 2.05) is 6.08 Å². The fourth-order valence-electron chi connectivity index (χ4n) is 7.93. The molecule has 0 aliphatic heterocycles. The fourth-order valence-corrected chi connectivity index (χ4v) is 7.93. The van der Waals surface area contributed by atoms with Gasteiger partial charge in [-0.25, -0.2) is 0 Å². The van der Waals surface area contributed by atoms with Crippen molar-refractivity contribution in [1.82, 2.24) is 5.32 Å². The number of amides is 1. The molecule has 3 atom stereocenters. The molecule has 4 N–H and O–H groups in total. The third kappa shape index (κ3) is 47.4. The summed E-state index contributed by atoms with van der Waals surface area (Å²) in [4.78, 5) is 12.5. The van der Waals surface area contributed by atoms with Crippen molar-refractivity contribution in [2.24, 2.45) is 0 Å². The van der Waals surface area contributed by atoms with Crippen molar-refractivity contribution < 1.29 is 20.1 Å². The number of unbranched alkanes of at least 4 members (excludes halogenated alkanes) is 31. The van der Waals surface area contributed by atoms with E-state index in [2.05, 4.69) is 67.8 Å². The zero-order valence-corrected chi connectivity index (χ0v) is 40.5. The molecule has 5 nitrogen and oxygen atoms in total. The molecule has 3 unspecified atom stereocenters. The molecule has 0 fully saturated rings. The van der Waals surface area contributed by atoms with E-state index in [1.165, 1.54) is 193 Å². The zero-order valence-electron chi connectivity index (χ0n) is 40.5. The van der Waals surface area contributed by atoms with Crippen LogP contribution in [0.25, 0.3) is 0 Å². The van der Waals surface area contributed by atoms with Gasteiger partial charge < -0.3 is 20.6 Å². The number of aliphatic hydroxyl groups excluding tert-OH is 3. The Labute approximate surface area is 379 Å². The average molecular weight is 854 g/mol. The molecular formula is C56H103NO4. The maximum absolute atomic E-state index is 12.5. The third-order valence-electron chi connectivity index (χ3n) is 12.0. The first kappa shape index (κ1) is 59.0. The van der Waals surface area contributed by atoms with E-state index < -0.39 is 18.2 Å². The second-order valence-corrected chi connectivity index (χ2v) is 18.1.